The summed E-state index contributed by atoms with van der Waals surface area (Å²) >= 11 is 0. The zero-order valence-corrected chi connectivity index (χ0v) is 18.2. The van der Waals surface area contributed by atoms with Crippen LogP contribution in [0, 0.1) is 0 Å². The molecule has 0 fully saturated rings. The van der Waals surface area contributed by atoms with Gasteiger partial charge in [0.1, 0.15) is 11.1 Å². The van der Waals surface area contributed by atoms with Crippen molar-refractivity contribution in [1.29, 1.82) is 0 Å². The van der Waals surface area contributed by atoms with E-state index in [4.69, 9.17) is 8.83 Å². The molecule has 2 aromatic heterocycles. The van der Waals surface area contributed by atoms with Crippen molar-refractivity contribution >= 4 is 21.7 Å². The Morgan fingerprint density at radius 1 is 0.774 bits per heavy atom. The second kappa shape index (κ2) is 10.4. The maximum atomic E-state index is 12.5. The SMILES string of the molecule is CCCCCCCCCCCc1nnc(-c2cc3c(ccc4ccccc43)oc2=O)o1. The van der Waals surface area contributed by atoms with Gasteiger partial charge in [0.15, 0.2) is 0 Å². The number of hydrogen-bond acceptors (Lipinski definition) is 5. The molecule has 0 unspecified atom stereocenters. The summed E-state index contributed by atoms with van der Waals surface area (Å²) in [5.41, 5.74) is 0.414. The lowest BCUT2D eigenvalue weighted by Crippen LogP contribution is -2.03. The largest absolute Gasteiger partial charge is 0.422 e. The predicted octanol–water partition coefficient (Wildman–Crippen LogP) is 7.07. The molecule has 0 aliphatic heterocycles. The lowest BCUT2D eigenvalue weighted by atomic mass is 10.0. The quantitative estimate of drug-likeness (QED) is 0.148. The molecule has 0 aliphatic rings. The first-order chi connectivity index (χ1) is 15.3. The Kier molecular flexibility index (Phi) is 7.13. The monoisotopic (exact) mass is 418 g/mol. The molecule has 31 heavy (non-hydrogen) atoms. The van der Waals surface area contributed by atoms with Crippen LogP contribution in [-0.4, -0.2) is 10.2 Å². The van der Waals surface area contributed by atoms with Crippen molar-refractivity contribution in [1.82, 2.24) is 10.2 Å². The first-order valence-corrected chi connectivity index (χ1v) is 11.5. The Balaban J connectivity index is 1.39. The van der Waals surface area contributed by atoms with Gasteiger partial charge in [0.25, 0.3) is 5.89 Å². The van der Waals surface area contributed by atoms with Crippen molar-refractivity contribution in [3.05, 3.63) is 58.8 Å². The third-order valence-corrected chi connectivity index (χ3v) is 5.83. The Morgan fingerprint density at radius 3 is 2.32 bits per heavy atom. The van der Waals surface area contributed by atoms with E-state index in [1.165, 1.54) is 44.9 Å². The molecular weight excluding hydrogens is 388 g/mol. The van der Waals surface area contributed by atoms with Crippen molar-refractivity contribution in [3.63, 3.8) is 0 Å². The summed E-state index contributed by atoms with van der Waals surface area (Å²) in [6.45, 7) is 2.25. The molecule has 5 nitrogen and oxygen atoms in total. The van der Waals surface area contributed by atoms with Crippen molar-refractivity contribution in [3.8, 4) is 11.5 Å². The van der Waals surface area contributed by atoms with Gasteiger partial charge < -0.3 is 8.83 Å². The van der Waals surface area contributed by atoms with Gasteiger partial charge in [0.05, 0.1) is 0 Å². The lowest BCUT2D eigenvalue weighted by molar-refractivity contribution is 0.481. The van der Waals surface area contributed by atoms with Gasteiger partial charge in [0.2, 0.25) is 5.89 Å². The molecule has 0 amide bonds. The van der Waals surface area contributed by atoms with Crippen LogP contribution in [0.4, 0.5) is 0 Å². The summed E-state index contributed by atoms with van der Waals surface area (Å²) in [6, 6.07) is 13.6. The number of rotatable bonds is 11. The summed E-state index contributed by atoms with van der Waals surface area (Å²) in [4.78, 5) is 12.5. The molecular formula is C26H30N2O3. The fourth-order valence-electron chi connectivity index (χ4n) is 4.07. The van der Waals surface area contributed by atoms with E-state index >= 15 is 0 Å². The van der Waals surface area contributed by atoms with Gasteiger partial charge in [0, 0.05) is 11.8 Å². The van der Waals surface area contributed by atoms with E-state index < -0.39 is 5.63 Å². The molecule has 2 heterocycles. The molecule has 0 spiro atoms. The second-order valence-electron chi connectivity index (χ2n) is 8.23. The van der Waals surface area contributed by atoms with Gasteiger partial charge in [-0.25, -0.2) is 4.79 Å². The lowest BCUT2D eigenvalue weighted by Gasteiger charge is -2.03. The fourth-order valence-corrected chi connectivity index (χ4v) is 4.07. The highest BCUT2D eigenvalue weighted by molar-refractivity contribution is 6.06. The van der Waals surface area contributed by atoms with E-state index in [1.54, 1.807) is 6.07 Å². The molecule has 162 valence electrons. The van der Waals surface area contributed by atoms with E-state index in [0.717, 1.165) is 35.4 Å². The zero-order valence-electron chi connectivity index (χ0n) is 18.2. The van der Waals surface area contributed by atoms with Crippen molar-refractivity contribution in [2.75, 3.05) is 0 Å². The van der Waals surface area contributed by atoms with Crippen LogP contribution in [-0.2, 0) is 6.42 Å². The predicted molar refractivity (Wildman–Crippen MR) is 124 cm³/mol. The maximum absolute atomic E-state index is 12.5. The van der Waals surface area contributed by atoms with Crippen LogP contribution >= 0.6 is 0 Å². The normalized spacial score (nSPS) is 11.5. The number of aromatic nitrogens is 2. The highest BCUT2D eigenvalue weighted by atomic mass is 16.4. The standard InChI is InChI=1S/C26H30N2O3/c1-2-3-4-5-6-7-8-9-10-15-24-27-28-25(31-24)22-18-21-20-14-12-11-13-19(20)16-17-23(21)30-26(22)29/h11-14,16-18H,2-10,15H2,1H3. The van der Waals surface area contributed by atoms with E-state index in [0.29, 0.717) is 17.0 Å². The smallest absolute Gasteiger partial charge is 0.349 e. The molecule has 4 rings (SSSR count). The summed E-state index contributed by atoms with van der Waals surface area (Å²) in [7, 11) is 0. The topological polar surface area (TPSA) is 69.1 Å². The number of aryl methyl sites for hydroxylation is 1. The Labute approximate surface area is 182 Å². The molecule has 0 saturated heterocycles. The van der Waals surface area contributed by atoms with Crippen LogP contribution in [0.5, 0.6) is 0 Å². The fraction of sp³-hybridized carbons (Fsp3) is 0.423. The van der Waals surface area contributed by atoms with E-state index in [9.17, 15) is 4.79 Å². The van der Waals surface area contributed by atoms with E-state index in [-0.39, 0.29) is 5.89 Å². The van der Waals surface area contributed by atoms with Crippen LogP contribution in [0.1, 0.15) is 70.6 Å². The minimum absolute atomic E-state index is 0.231. The number of unbranched alkanes of at least 4 members (excludes halogenated alkanes) is 8. The van der Waals surface area contributed by atoms with E-state index in [2.05, 4.69) is 17.1 Å². The van der Waals surface area contributed by atoms with Gasteiger partial charge >= 0.3 is 5.63 Å². The second-order valence-corrected chi connectivity index (χ2v) is 8.23. The van der Waals surface area contributed by atoms with Crippen LogP contribution in [0.3, 0.4) is 0 Å². The van der Waals surface area contributed by atoms with Crippen LogP contribution < -0.4 is 5.63 Å². The molecule has 0 radical (unpaired) electrons. The first kappa shape index (κ1) is 21.3. The Bertz CT molecular complexity index is 1190. The number of hydrogen-bond donors (Lipinski definition) is 0. The molecule has 5 heteroatoms. The zero-order chi connectivity index (χ0) is 21.5. The van der Waals surface area contributed by atoms with Gasteiger partial charge in [-0.1, -0.05) is 88.6 Å². The van der Waals surface area contributed by atoms with Gasteiger partial charge in [-0.3, -0.25) is 0 Å². The Hall–Kier alpha value is -2.95. The summed E-state index contributed by atoms with van der Waals surface area (Å²) in [5, 5.41) is 11.2. The van der Waals surface area contributed by atoms with Gasteiger partial charge in [-0.2, -0.15) is 0 Å². The average Bonchev–Trinajstić information content (AvgIpc) is 3.26. The average molecular weight is 419 g/mol. The van der Waals surface area contributed by atoms with Gasteiger partial charge in [-0.05, 0) is 29.3 Å². The minimum atomic E-state index is -0.457. The number of nitrogens with zero attached hydrogens (tertiary/aromatic N) is 2. The third-order valence-electron chi connectivity index (χ3n) is 5.83. The molecule has 0 N–H and O–H groups in total. The number of benzene rings is 2. The van der Waals surface area contributed by atoms with Gasteiger partial charge in [-0.15, -0.1) is 10.2 Å². The van der Waals surface area contributed by atoms with Crippen LogP contribution in [0.25, 0.3) is 33.2 Å². The van der Waals surface area contributed by atoms with Crippen molar-refractivity contribution in [2.45, 2.75) is 71.1 Å². The van der Waals surface area contributed by atoms with Crippen LogP contribution in [0.15, 0.2) is 56.1 Å². The molecule has 2 aromatic carbocycles. The van der Waals surface area contributed by atoms with Crippen LogP contribution in [0.2, 0.25) is 0 Å². The summed E-state index contributed by atoms with van der Waals surface area (Å²) < 4.78 is 11.3. The molecule has 0 bridgehead atoms. The molecule has 4 aromatic rings. The highest BCUT2D eigenvalue weighted by Gasteiger charge is 2.16. The van der Waals surface area contributed by atoms with Crippen molar-refractivity contribution < 1.29 is 8.83 Å². The number of fused-ring (bicyclic) bond motifs is 3. The molecule has 0 saturated carbocycles. The Morgan fingerprint density at radius 2 is 1.52 bits per heavy atom. The highest BCUT2D eigenvalue weighted by Crippen LogP contribution is 2.27. The summed E-state index contributed by atoms with van der Waals surface area (Å²) in [6.07, 6.45) is 12.2. The molecule has 0 atom stereocenters. The first-order valence-electron chi connectivity index (χ1n) is 11.5. The van der Waals surface area contributed by atoms with E-state index in [1.807, 2.05) is 36.4 Å². The maximum Gasteiger partial charge on any atom is 0.349 e. The molecule has 0 aliphatic carbocycles. The summed E-state index contributed by atoms with van der Waals surface area (Å²) in [5.74, 6) is 0.810. The minimum Gasteiger partial charge on any atom is -0.422 e. The van der Waals surface area contributed by atoms with Crippen molar-refractivity contribution in [2.24, 2.45) is 0 Å². The third kappa shape index (κ3) is 5.22.